The number of para-hydroxylation sites is 1. The Hall–Kier alpha value is -2.08. The molecule has 2 atom stereocenters. The molecular weight excluding hydrogens is 272 g/mol. The zero-order chi connectivity index (χ0) is 15.4. The number of hydrogen-bond donors (Lipinski definition) is 3. The first-order valence-corrected chi connectivity index (χ1v) is 7.02. The van der Waals surface area contributed by atoms with Gasteiger partial charge in [-0.15, -0.1) is 0 Å². The van der Waals surface area contributed by atoms with Gasteiger partial charge in [0.05, 0.1) is 0 Å². The van der Waals surface area contributed by atoms with Crippen LogP contribution in [-0.2, 0) is 11.2 Å². The number of benzene rings is 1. The van der Waals surface area contributed by atoms with Crippen molar-refractivity contribution in [1.29, 1.82) is 0 Å². The Morgan fingerprint density at radius 3 is 2.81 bits per heavy atom. The van der Waals surface area contributed by atoms with Gasteiger partial charge < -0.3 is 15.5 Å². The first-order chi connectivity index (χ1) is 10.0. The number of aliphatic carboxylic acids is 1. The third kappa shape index (κ3) is 3.52. The highest BCUT2D eigenvalue weighted by molar-refractivity contribution is 5.95. The van der Waals surface area contributed by atoms with Gasteiger partial charge in [0.1, 0.15) is 6.04 Å². The summed E-state index contributed by atoms with van der Waals surface area (Å²) in [6, 6.07) is 6.12. The lowest BCUT2D eigenvalue weighted by Gasteiger charge is -2.33. The monoisotopic (exact) mass is 292 g/mol. The molecule has 2 amide bonds. The minimum absolute atomic E-state index is 0.00782. The standard InChI is InChI=1S/C15H20N2O4/c1-10-8-11-4-2-3-5-13(11)17(9-10)15(21)16-12(6-7-18)14(19)20/h2-5,10,12,18H,6-9H2,1H3,(H,16,21)(H,19,20)/t10?,12-/m1/s1. The van der Waals surface area contributed by atoms with E-state index in [0.717, 1.165) is 17.7 Å². The summed E-state index contributed by atoms with van der Waals surface area (Å²) in [5.41, 5.74) is 1.90. The van der Waals surface area contributed by atoms with Gasteiger partial charge in [0.2, 0.25) is 0 Å². The fourth-order valence-electron chi connectivity index (χ4n) is 2.60. The highest BCUT2D eigenvalue weighted by Gasteiger charge is 2.28. The van der Waals surface area contributed by atoms with E-state index < -0.39 is 18.0 Å². The van der Waals surface area contributed by atoms with Crippen molar-refractivity contribution < 1.29 is 19.8 Å². The van der Waals surface area contributed by atoms with Crippen molar-refractivity contribution in [3.63, 3.8) is 0 Å². The van der Waals surface area contributed by atoms with Crippen LogP contribution >= 0.6 is 0 Å². The van der Waals surface area contributed by atoms with Gasteiger partial charge >= 0.3 is 12.0 Å². The van der Waals surface area contributed by atoms with Gasteiger partial charge in [-0.25, -0.2) is 9.59 Å². The summed E-state index contributed by atoms with van der Waals surface area (Å²) in [6.45, 7) is 2.32. The van der Waals surface area contributed by atoms with Crippen LogP contribution in [0.4, 0.5) is 10.5 Å². The SMILES string of the molecule is CC1Cc2ccccc2N(C(=O)N[C@H](CCO)C(=O)O)C1. The molecule has 6 nitrogen and oxygen atoms in total. The molecule has 0 saturated carbocycles. The van der Waals surface area contributed by atoms with Gasteiger partial charge in [-0.3, -0.25) is 4.90 Å². The molecule has 2 rings (SSSR count). The van der Waals surface area contributed by atoms with Crippen LogP contribution in [0.15, 0.2) is 24.3 Å². The molecule has 0 radical (unpaired) electrons. The quantitative estimate of drug-likeness (QED) is 0.778. The first kappa shape index (κ1) is 15.3. The van der Waals surface area contributed by atoms with Crippen LogP contribution in [0, 0.1) is 5.92 Å². The van der Waals surface area contributed by atoms with Gasteiger partial charge in [0.25, 0.3) is 0 Å². The summed E-state index contributed by atoms with van der Waals surface area (Å²) >= 11 is 0. The third-order valence-corrected chi connectivity index (χ3v) is 3.60. The zero-order valence-corrected chi connectivity index (χ0v) is 12.0. The van der Waals surface area contributed by atoms with Crippen LogP contribution in [0.1, 0.15) is 18.9 Å². The Kier molecular flexibility index (Phi) is 4.80. The Balaban J connectivity index is 2.17. The number of fused-ring (bicyclic) bond motifs is 1. The molecule has 1 heterocycles. The van der Waals surface area contributed by atoms with Crippen LogP contribution in [0.25, 0.3) is 0 Å². The minimum Gasteiger partial charge on any atom is -0.480 e. The van der Waals surface area contributed by atoms with Gasteiger partial charge in [-0.1, -0.05) is 25.1 Å². The van der Waals surface area contributed by atoms with Crippen molar-refractivity contribution in [2.45, 2.75) is 25.8 Å². The zero-order valence-electron chi connectivity index (χ0n) is 12.0. The molecule has 0 spiro atoms. The maximum Gasteiger partial charge on any atom is 0.326 e. The highest BCUT2D eigenvalue weighted by atomic mass is 16.4. The number of urea groups is 1. The number of rotatable bonds is 4. The van der Waals surface area contributed by atoms with Gasteiger partial charge in [-0.05, 0) is 24.0 Å². The molecule has 6 heteroatoms. The molecule has 1 aliphatic heterocycles. The molecule has 21 heavy (non-hydrogen) atoms. The number of carbonyl (C=O) groups excluding carboxylic acids is 1. The number of amides is 2. The maximum absolute atomic E-state index is 12.4. The van der Waals surface area contributed by atoms with Crippen molar-refractivity contribution >= 4 is 17.7 Å². The Morgan fingerprint density at radius 2 is 2.14 bits per heavy atom. The van der Waals surface area contributed by atoms with Crippen molar-refractivity contribution in [3.8, 4) is 0 Å². The molecule has 1 unspecified atom stereocenters. The summed E-state index contributed by atoms with van der Waals surface area (Å²) in [5.74, 6) is -0.831. The number of nitrogens with one attached hydrogen (secondary N) is 1. The normalized spacial score (nSPS) is 18.8. The van der Waals surface area contributed by atoms with E-state index in [4.69, 9.17) is 10.2 Å². The van der Waals surface area contributed by atoms with E-state index in [9.17, 15) is 9.59 Å². The molecular formula is C15H20N2O4. The van der Waals surface area contributed by atoms with Gasteiger partial charge in [0, 0.05) is 25.3 Å². The first-order valence-electron chi connectivity index (χ1n) is 7.02. The number of aliphatic hydroxyl groups excluding tert-OH is 1. The predicted molar refractivity (Wildman–Crippen MR) is 78.3 cm³/mol. The van der Waals surface area contributed by atoms with Crippen molar-refractivity contribution in [3.05, 3.63) is 29.8 Å². The maximum atomic E-state index is 12.4. The summed E-state index contributed by atoms with van der Waals surface area (Å²) in [6.07, 6.45) is 0.894. The molecule has 0 bridgehead atoms. The van der Waals surface area contributed by atoms with Crippen molar-refractivity contribution in [2.24, 2.45) is 5.92 Å². The van der Waals surface area contributed by atoms with Crippen LogP contribution in [0.5, 0.6) is 0 Å². The topological polar surface area (TPSA) is 89.9 Å². The number of nitrogens with zero attached hydrogens (tertiary/aromatic N) is 1. The number of carbonyl (C=O) groups is 2. The Labute approximate surface area is 123 Å². The molecule has 0 saturated heterocycles. The molecule has 0 fully saturated rings. The Morgan fingerprint density at radius 1 is 1.43 bits per heavy atom. The Bertz CT molecular complexity index is 532. The second-order valence-corrected chi connectivity index (χ2v) is 5.40. The van der Waals surface area contributed by atoms with E-state index in [1.165, 1.54) is 0 Å². The molecule has 0 aromatic heterocycles. The third-order valence-electron chi connectivity index (χ3n) is 3.60. The fourth-order valence-corrected chi connectivity index (χ4v) is 2.60. The summed E-state index contributed by atoms with van der Waals surface area (Å²) in [5, 5.41) is 20.4. The lowest BCUT2D eigenvalue weighted by molar-refractivity contribution is -0.139. The van der Waals surface area contributed by atoms with E-state index in [1.807, 2.05) is 24.3 Å². The average molecular weight is 292 g/mol. The van der Waals surface area contributed by atoms with E-state index >= 15 is 0 Å². The van der Waals surface area contributed by atoms with E-state index in [0.29, 0.717) is 12.5 Å². The van der Waals surface area contributed by atoms with Crippen LogP contribution in [0.3, 0.4) is 0 Å². The van der Waals surface area contributed by atoms with E-state index in [1.54, 1.807) is 4.90 Å². The van der Waals surface area contributed by atoms with Crippen molar-refractivity contribution in [1.82, 2.24) is 5.32 Å². The smallest absolute Gasteiger partial charge is 0.326 e. The van der Waals surface area contributed by atoms with Gasteiger partial charge in [0.15, 0.2) is 0 Å². The molecule has 1 aliphatic rings. The lowest BCUT2D eigenvalue weighted by Crippen LogP contribution is -2.51. The molecule has 0 aliphatic carbocycles. The minimum atomic E-state index is -1.14. The van der Waals surface area contributed by atoms with E-state index in [2.05, 4.69) is 12.2 Å². The predicted octanol–water partition coefficient (Wildman–Crippen LogP) is 1.23. The molecule has 1 aromatic carbocycles. The molecule has 114 valence electrons. The largest absolute Gasteiger partial charge is 0.480 e. The number of aliphatic hydroxyl groups is 1. The van der Waals surface area contributed by atoms with E-state index in [-0.39, 0.29) is 13.0 Å². The highest BCUT2D eigenvalue weighted by Crippen LogP contribution is 2.29. The summed E-state index contributed by atoms with van der Waals surface area (Å²) in [7, 11) is 0. The second-order valence-electron chi connectivity index (χ2n) is 5.40. The summed E-state index contributed by atoms with van der Waals surface area (Å²) in [4.78, 5) is 25.0. The van der Waals surface area contributed by atoms with Crippen LogP contribution in [-0.4, -0.2) is 41.4 Å². The lowest BCUT2D eigenvalue weighted by atomic mass is 9.94. The number of anilines is 1. The van der Waals surface area contributed by atoms with Crippen LogP contribution in [0.2, 0.25) is 0 Å². The molecule has 3 N–H and O–H groups in total. The second kappa shape index (κ2) is 6.58. The number of carboxylic acid groups (broad SMARTS) is 1. The molecule has 1 aromatic rings. The number of hydrogen-bond acceptors (Lipinski definition) is 3. The summed E-state index contributed by atoms with van der Waals surface area (Å²) < 4.78 is 0. The van der Waals surface area contributed by atoms with Crippen LogP contribution < -0.4 is 10.2 Å². The fraction of sp³-hybridized carbons (Fsp3) is 0.467. The van der Waals surface area contributed by atoms with Crippen molar-refractivity contribution in [2.75, 3.05) is 18.1 Å². The number of carboxylic acids is 1. The average Bonchev–Trinajstić information content (AvgIpc) is 2.45. The van der Waals surface area contributed by atoms with Gasteiger partial charge in [-0.2, -0.15) is 0 Å².